The second-order valence-electron chi connectivity index (χ2n) is 6.20. The summed E-state index contributed by atoms with van der Waals surface area (Å²) in [6, 6.07) is 15.6. The molecule has 0 aromatic heterocycles. The SMILES string of the molecule is CCNC(=NCC(=O)NCCc1ccccc1)Nc1ccc(OC)c(OCC)c1.I. The van der Waals surface area contributed by atoms with Crippen LogP contribution in [0, 0.1) is 0 Å². The minimum atomic E-state index is -0.122. The number of nitrogens with zero attached hydrogens (tertiary/aromatic N) is 1. The molecule has 3 N–H and O–H groups in total. The van der Waals surface area contributed by atoms with E-state index in [9.17, 15) is 4.79 Å². The van der Waals surface area contributed by atoms with Crippen LogP contribution in [0.5, 0.6) is 11.5 Å². The number of hydrogen-bond acceptors (Lipinski definition) is 4. The number of carbonyl (C=O) groups excluding carboxylic acids is 1. The summed E-state index contributed by atoms with van der Waals surface area (Å²) in [5.74, 6) is 1.72. The van der Waals surface area contributed by atoms with Crippen molar-refractivity contribution in [2.24, 2.45) is 4.99 Å². The van der Waals surface area contributed by atoms with Crippen molar-refractivity contribution in [1.82, 2.24) is 10.6 Å². The third-order valence-electron chi connectivity index (χ3n) is 4.03. The molecule has 2 aromatic carbocycles. The Kier molecular flexibility index (Phi) is 12.3. The highest BCUT2D eigenvalue weighted by Crippen LogP contribution is 2.30. The molecular weight excluding hydrogens is 495 g/mol. The lowest BCUT2D eigenvalue weighted by atomic mass is 10.1. The Morgan fingerprint density at radius 1 is 1.03 bits per heavy atom. The van der Waals surface area contributed by atoms with Gasteiger partial charge >= 0.3 is 0 Å². The molecule has 0 radical (unpaired) electrons. The Morgan fingerprint density at radius 3 is 2.47 bits per heavy atom. The lowest BCUT2D eigenvalue weighted by molar-refractivity contribution is -0.119. The van der Waals surface area contributed by atoms with Gasteiger partial charge in [-0.1, -0.05) is 30.3 Å². The van der Waals surface area contributed by atoms with E-state index < -0.39 is 0 Å². The van der Waals surface area contributed by atoms with E-state index in [1.54, 1.807) is 7.11 Å². The molecule has 0 aliphatic carbocycles. The second kappa shape index (κ2) is 14.5. The number of nitrogens with one attached hydrogen (secondary N) is 3. The van der Waals surface area contributed by atoms with E-state index in [2.05, 4.69) is 20.9 Å². The lowest BCUT2D eigenvalue weighted by Gasteiger charge is -2.14. The van der Waals surface area contributed by atoms with E-state index in [-0.39, 0.29) is 36.4 Å². The summed E-state index contributed by atoms with van der Waals surface area (Å²) in [4.78, 5) is 16.5. The molecular formula is C22H31IN4O3. The highest BCUT2D eigenvalue weighted by molar-refractivity contribution is 14.0. The van der Waals surface area contributed by atoms with E-state index in [4.69, 9.17) is 9.47 Å². The molecule has 0 fully saturated rings. The van der Waals surface area contributed by atoms with Gasteiger partial charge in [0.05, 0.1) is 13.7 Å². The van der Waals surface area contributed by atoms with Crippen molar-refractivity contribution in [2.45, 2.75) is 20.3 Å². The molecule has 0 heterocycles. The monoisotopic (exact) mass is 526 g/mol. The summed E-state index contributed by atoms with van der Waals surface area (Å²) in [6.07, 6.45) is 0.792. The molecule has 1 amide bonds. The van der Waals surface area contributed by atoms with Crippen LogP contribution in [-0.2, 0) is 11.2 Å². The topological polar surface area (TPSA) is 84.0 Å². The number of guanidine groups is 1. The molecule has 0 saturated carbocycles. The molecule has 0 aliphatic rings. The molecule has 8 heteroatoms. The fourth-order valence-electron chi connectivity index (χ4n) is 2.66. The zero-order chi connectivity index (χ0) is 20.9. The molecule has 0 saturated heterocycles. The van der Waals surface area contributed by atoms with E-state index >= 15 is 0 Å². The number of anilines is 1. The average Bonchev–Trinajstić information content (AvgIpc) is 2.73. The van der Waals surface area contributed by atoms with Gasteiger partial charge in [0, 0.05) is 24.8 Å². The van der Waals surface area contributed by atoms with Crippen molar-refractivity contribution in [1.29, 1.82) is 0 Å². The van der Waals surface area contributed by atoms with Gasteiger partial charge in [-0.05, 0) is 38.0 Å². The third-order valence-corrected chi connectivity index (χ3v) is 4.03. The number of carbonyl (C=O) groups is 1. The Labute approximate surface area is 195 Å². The highest BCUT2D eigenvalue weighted by atomic mass is 127. The quantitative estimate of drug-likeness (QED) is 0.251. The van der Waals surface area contributed by atoms with Crippen LogP contribution < -0.4 is 25.4 Å². The fraction of sp³-hybridized carbons (Fsp3) is 0.364. The van der Waals surface area contributed by atoms with Crippen molar-refractivity contribution in [3.05, 3.63) is 54.1 Å². The van der Waals surface area contributed by atoms with Crippen molar-refractivity contribution >= 4 is 41.5 Å². The van der Waals surface area contributed by atoms with E-state index in [0.717, 1.165) is 12.1 Å². The number of benzene rings is 2. The molecule has 0 atom stereocenters. The minimum Gasteiger partial charge on any atom is -0.493 e. The number of ether oxygens (including phenoxy) is 2. The molecule has 2 aromatic rings. The van der Waals surface area contributed by atoms with Crippen LogP contribution in [0.4, 0.5) is 5.69 Å². The average molecular weight is 526 g/mol. The molecule has 164 valence electrons. The van der Waals surface area contributed by atoms with Crippen LogP contribution >= 0.6 is 24.0 Å². The maximum absolute atomic E-state index is 12.1. The normalized spacial score (nSPS) is 10.6. The number of halogens is 1. The molecule has 7 nitrogen and oxygen atoms in total. The maximum atomic E-state index is 12.1. The van der Waals surface area contributed by atoms with Crippen molar-refractivity contribution < 1.29 is 14.3 Å². The summed E-state index contributed by atoms with van der Waals surface area (Å²) in [5, 5.41) is 9.22. The molecule has 0 aliphatic heterocycles. The van der Waals surface area contributed by atoms with Gasteiger partial charge in [-0.15, -0.1) is 24.0 Å². The predicted octanol–water partition coefficient (Wildman–Crippen LogP) is 3.45. The Bertz CT molecular complexity index is 800. The van der Waals surface area contributed by atoms with Gasteiger partial charge in [-0.25, -0.2) is 4.99 Å². The van der Waals surface area contributed by atoms with E-state index in [1.807, 2.05) is 62.4 Å². The van der Waals surface area contributed by atoms with E-state index in [1.165, 1.54) is 5.56 Å². The number of aliphatic imine (C=N–C) groups is 1. The molecule has 0 bridgehead atoms. The highest BCUT2D eigenvalue weighted by Gasteiger charge is 2.08. The minimum absolute atomic E-state index is 0. The first kappa shape index (κ1) is 25.5. The van der Waals surface area contributed by atoms with E-state index in [0.29, 0.717) is 37.2 Å². The van der Waals surface area contributed by atoms with Crippen molar-refractivity contribution in [3.8, 4) is 11.5 Å². The third kappa shape index (κ3) is 8.89. The Morgan fingerprint density at radius 2 is 1.80 bits per heavy atom. The van der Waals surface area contributed by atoms with Crippen molar-refractivity contribution in [3.63, 3.8) is 0 Å². The number of rotatable bonds is 10. The first-order valence-electron chi connectivity index (χ1n) is 9.83. The van der Waals surface area contributed by atoms with Crippen LogP contribution in [0.25, 0.3) is 0 Å². The van der Waals surface area contributed by atoms with Gasteiger partial charge in [0.2, 0.25) is 5.91 Å². The van der Waals surface area contributed by atoms with Crippen molar-refractivity contribution in [2.75, 3.05) is 38.7 Å². The fourth-order valence-corrected chi connectivity index (χ4v) is 2.66. The first-order chi connectivity index (χ1) is 14.2. The largest absolute Gasteiger partial charge is 0.493 e. The van der Waals surface area contributed by atoms with Gasteiger partial charge < -0.3 is 25.4 Å². The van der Waals surface area contributed by atoms with Gasteiger partial charge in [0.1, 0.15) is 6.54 Å². The smallest absolute Gasteiger partial charge is 0.241 e. The van der Waals surface area contributed by atoms with Gasteiger partial charge in [-0.2, -0.15) is 0 Å². The van der Waals surface area contributed by atoms with Crippen LogP contribution in [0.1, 0.15) is 19.4 Å². The molecule has 30 heavy (non-hydrogen) atoms. The molecule has 2 rings (SSSR count). The lowest BCUT2D eigenvalue weighted by Crippen LogP contribution is -2.33. The van der Waals surface area contributed by atoms with Crippen LogP contribution in [0.15, 0.2) is 53.5 Å². The zero-order valence-electron chi connectivity index (χ0n) is 17.7. The Hall–Kier alpha value is -2.49. The summed E-state index contributed by atoms with van der Waals surface area (Å²) < 4.78 is 10.9. The molecule has 0 spiro atoms. The second-order valence-corrected chi connectivity index (χ2v) is 6.20. The first-order valence-corrected chi connectivity index (χ1v) is 9.83. The van der Waals surface area contributed by atoms with Crippen LogP contribution in [0.2, 0.25) is 0 Å². The van der Waals surface area contributed by atoms with Gasteiger partial charge in [0.25, 0.3) is 0 Å². The standard InChI is InChI=1S/C22H30N4O3.HI/c1-4-23-22(26-18-11-12-19(28-3)20(15-18)29-5-2)25-16-21(27)24-14-13-17-9-7-6-8-10-17;/h6-12,15H,4-5,13-14,16H2,1-3H3,(H,24,27)(H2,23,25,26);1H. The summed E-state index contributed by atoms with van der Waals surface area (Å²) >= 11 is 0. The predicted molar refractivity (Wildman–Crippen MR) is 132 cm³/mol. The number of amides is 1. The van der Waals surface area contributed by atoms with Gasteiger partial charge in [0.15, 0.2) is 17.5 Å². The van der Waals surface area contributed by atoms with Gasteiger partial charge in [-0.3, -0.25) is 4.79 Å². The maximum Gasteiger partial charge on any atom is 0.241 e. The number of hydrogen-bond donors (Lipinski definition) is 3. The number of methoxy groups -OCH3 is 1. The Balaban J connectivity index is 0.00000450. The van der Waals surface area contributed by atoms with Crippen LogP contribution in [0.3, 0.4) is 0 Å². The summed E-state index contributed by atoms with van der Waals surface area (Å²) in [6.45, 7) is 5.72. The summed E-state index contributed by atoms with van der Waals surface area (Å²) in [5.41, 5.74) is 1.98. The summed E-state index contributed by atoms with van der Waals surface area (Å²) in [7, 11) is 1.60. The van der Waals surface area contributed by atoms with Crippen LogP contribution in [-0.4, -0.2) is 45.2 Å². The molecule has 0 unspecified atom stereocenters. The zero-order valence-corrected chi connectivity index (χ0v) is 20.1.